The highest BCUT2D eigenvalue weighted by atomic mass is 16.5. The molecule has 2 saturated heterocycles. The average Bonchev–Trinajstić information content (AvgIpc) is 3.09. The predicted octanol–water partition coefficient (Wildman–Crippen LogP) is 2.94. The Hall–Kier alpha value is -0.120. The Labute approximate surface area is 124 Å². The number of nitrogens with one attached hydrogen (secondary N) is 1. The molecule has 0 aromatic heterocycles. The van der Waals surface area contributed by atoms with Crippen LogP contribution >= 0.6 is 0 Å². The van der Waals surface area contributed by atoms with Gasteiger partial charge < -0.3 is 15.0 Å². The van der Waals surface area contributed by atoms with E-state index < -0.39 is 0 Å². The molecule has 1 atom stereocenters. The smallest absolute Gasteiger partial charge is 0.0710 e. The van der Waals surface area contributed by atoms with E-state index in [0.717, 1.165) is 6.04 Å². The van der Waals surface area contributed by atoms with Crippen LogP contribution < -0.4 is 5.32 Å². The number of hydrogen-bond acceptors (Lipinski definition) is 3. The number of nitrogens with zero attached hydrogens (tertiary/aromatic N) is 1. The molecule has 3 heteroatoms. The second-order valence-electron chi connectivity index (χ2n) is 7.20. The van der Waals surface area contributed by atoms with E-state index in [1.54, 1.807) is 0 Å². The van der Waals surface area contributed by atoms with E-state index in [0.29, 0.717) is 11.7 Å². The molecule has 0 bridgehead atoms. The third-order valence-corrected chi connectivity index (χ3v) is 5.59. The second kappa shape index (κ2) is 6.76. The van der Waals surface area contributed by atoms with Gasteiger partial charge in [0, 0.05) is 12.6 Å². The lowest BCUT2D eigenvalue weighted by atomic mass is 9.98. The Balaban J connectivity index is 1.37. The van der Waals surface area contributed by atoms with Crippen LogP contribution in [0.3, 0.4) is 0 Å². The zero-order valence-corrected chi connectivity index (χ0v) is 13.2. The van der Waals surface area contributed by atoms with Gasteiger partial charge in [0.05, 0.1) is 11.7 Å². The minimum Gasteiger partial charge on any atom is -0.370 e. The quantitative estimate of drug-likeness (QED) is 0.838. The van der Waals surface area contributed by atoms with Crippen molar-refractivity contribution >= 4 is 0 Å². The van der Waals surface area contributed by atoms with Gasteiger partial charge in [-0.25, -0.2) is 0 Å². The normalized spacial score (nSPS) is 31.4. The molecule has 3 fully saturated rings. The first kappa shape index (κ1) is 14.8. The maximum atomic E-state index is 6.45. The maximum Gasteiger partial charge on any atom is 0.0710 e. The minimum absolute atomic E-state index is 0.311. The van der Waals surface area contributed by atoms with E-state index in [1.165, 1.54) is 84.0 Å². The van der Waals surface area contributed by atoms with Crippen molar-refractivity contribution < 1.29 is 4.74 Å². The highest BCUT2D eigenvalue weighted by molar-refractivity contribution is 4.93. The molecule has 1 spiro atoms. The summed E-state index contributed by atoms with van der Waals surface area (Å²) in [6, 6.07) is 0.761. The van der Waals surface area contributed by atoms with Gasteiger partial charge >= 0.3 is 0 Å². The molecule has 3 rings (SSSR count). The summed E-state index contributed by atoms with van der Waals surface area (Å²) in [6.07, 6.45) is 12.5. The van der Waals surface area contributed by atoms with Crippen molar-refractivity contribution in [3.05, 3.63) is 0 Å². The molecule has 0 amide bonds. The lowest BCUT2D eigenvalue weighted by Gasteiger charge is -2.34. The van der Waals surface area contributed by atoms with Gasteiger partial charge in [-0.2, -0.15) is 0 Å². The van der Waals surface area contributed by atoms with Crippen LogP contribution in [0.2, 0.25) is 0 Å². The number of ether oxygens (including phenoxy) is 1. The largest absolute Gasteiger partial charge is 0.370 e. The summed E-state index contributed by atoms with van der Waals surface area (Å²) in [6.45, 7) is 7.13. The molecule has 1 N–H and O–H groups in total. The summed E-state index contributed by atoms with van der Waals surface area (Å²) in [5.74, 6) is 0. The molecule has 3 aliphatic rings. The molecular formula is C17H32N2O. The van der Waals surface area contributed by atoms with Gasteiger partial charge in [-0.15, -0.1) is 0 Å². The van der Waals surface area contributed by atoms with E-state index >= 15 is 0 Å². The maximum absolute atomic E-state index is 6.45. The number of rotatable bonds is 5. The van der Waals surface area contributed by atoms with Gasteiger partial charge in [0.25, 0.3) is 0 Å². The zero-order valence-electron chi connectivity index (χ0n) is 13.2. The van der Waals surface area contributed by atoms with Gasteiger partial charge in [0.15, 0.2) is 0 Å². The number of hydrogen-bond donors (Lipinski definition) is 1. The molecule has 0 aromatic rings. The summed E-state index contributed by atoms with van der Waals surface area (Å²) >= 11 is 0. The number of piperidine rings is 1. The van der Waals surface area contributed by atoms with Crippen LogP contribution in [0.25, 0.3) is 0 Å². The van der Waals surface area contributed by atoms with Crippen LogP contribution in [-0.2, 0) is 4.74 Å². The Morgan fingerprint density at radius 1 is 1.10 bits per heavy atom. The molecular weight excluding hydrogens is 248 g/mol. The first-order valence-corrected chi connectivity index (χ1v) is 8.93. The van der Waals surface area contributed by atoms with Crippen molar-refractivity contribution in [1.82, 2.24) is 10.2 Å². The predicted molar refractivity (Wildman–Crippen MR) is 83.1 cm³/mol. The third kappa shape index (κ3) is 3.55. The molecule has 3 nitrogen and oxygen atoms in total. The van der Waals surface area contributed by atoms with Crippen LogP contribution in [0, 0.1) is 0 Å². The highest BCUT2D eigenvalue weighted by Crippen LogP contribution is 2.43. The van der Waals surface area contributed by atoms with Crippen LogP contribution in [0.15, 0.2) is 0 Å². The highest BCUT2D eigenvalue weighted by Gasteiger charge is 2.42. The topological polar surface area (TPSA) is 24.5 Å². The second-order valence-corrected chi connectivity index (χ2v) is 7.20. The van der Waals surface area contributed by atoms with Crippen LogP contribution in [0.1, 0.15) is 64.7 Å². The van der Waals surface area contributed by atoms with Crippen molar-refractivity contribution in [1.29, 1.82) is 0 Å². The van der Waals surface area contributed by atoms with Crippen molar-refractivity contribution in [2.24, 2.45) is 0 Å². The summed E-state index contributed by atoms with van der Waals surface area (Å²) < 4.78 is 6.45. The summed E-state index contributed by atoms with van der Waals surface area (Å²) in [4.78, 5) is 2.64. The van der Waals surface area contributed by atoms with E-state index in [2.05, 4.69) is 17.1 Å². The van der Waals surface area contributed by atoms with Crippen molar-refractivity contribution in [2.45, 2.75) is 82.5 Å². The first-order chi connectivity index (χ1) is 9.80. The van der Waals surface area contributed by atoms with Crippen LogP contribution in [-0.4, -0.2) is 48.8 Å². The fraction of sp³-hybridized carbons (Fsp3) is 1.00. The third-order valence-electron chi connectivity index (χ3n) is 5.59. The molecule has 1 aliphatic carbocycles. The van der Waals surface area contributed by atoms with Crippen molar-refractivity contribution in [3.63, 3.8) is 0 Å². The number of likely N-dealkylation sites (tertiary alicyclic amines) is 1. The SMILES string of the molecule is CCCNC1CCN(CC2CCC3(CCCC3)O2)CC1. The molecule has 0 aromatic carbocycles. The molecule has 1 unspecified atom stereocenters. The molecule has 1 saturated carbocycles. The Morgan fingerprint density at radius 3 is 2.55 bits per heavy atom. The Kier molecular flexibility index (Phi) is 5.00. The van der Waals surface area contributed by atoms with Crippen molar-refractivity contribution in [3.8, 4) is 0 Å². The molecule has 2 heterocycles. The molecule has 116 valence electrons. The lowest BCUT2D eigenvalue weighted by molar-refractivity contribution is -0.0492. The van der Waals surface area contributed by atoms with Crippen LogP contribution in [0.4, 0.5) is 0 Å². The molecule has 20 heavy (non-hydrogen) atoms. The fourth-order valence-electron chi connectivity index (χ4n) is 4.37. The monoisotopic (exact) mass is 280 g/mol. The van der Waals surface area contributed by atoms with Crippen molar-refractivity contribution in [2.75, 3.05) is 26.2 Å². The van der Waals surface area contributed by atoms with Gasteiger partial charge in [0.2, 0.25) is 0 Å². The Morgan fingerprint density at radius 2 is 1.85 bits per heavy atom. The standard InChI is InChI=1S/C17H32N2O/c1-2-11-18-15-6-12-19(13-7-15)14-16-5-10-17(20-16)8-3-4-9-17/h15-16,18H,2-14H2,1H3. The van der Waals surface area contributed by atoms with Gasteiger partial charge in [-0.05, 0) is 64.6 Å². The summed E-state index contributed by atoms with van der Waals surface area (Å²) in [5, 5.41) is 3.67. The van der Waals surface area contributed by atoms with Gasteiger partial charge in [0.1, 0.15) is 0 Å². The lowest BCUT2D eigenvalue weighted by Crippen LogP contribution is -2.45. The average molecular weight is 280 g/mol. The van der Waals surface area contributed by atoms with E-state index in [-0.39, 0.29) is 0 Å². The van der Waals surface area contributed by atoms with E-state index in [4.69, 9.17) is 4.74 Å². The fourth-order valence-corrected chi connectivity index (χ4v) is 4.37. The van der Waals surface area contributed by atoms with Gasteiger partial charge in [-0.1, -0.05) is 19.8 Å². The zero-order chi connectivity index (χ0) is 13.8. The van der Waals surface area contributed by atoms with E-state index in [1.807, 2.05) is 0 Å². The molecule has 2 aliphatic heterocycles. The first-order valence-electron chi connectivity index (χ1n) is 8.93. The summed E-state index contributed by atoms with van der Waals surface area (Å²) in [5.41, 5.74) is 0.311. The van der Waals surface area contributed by atoms with Gasteiger partial charge in [-0.3, -0.25) is 0 Å². The summed E-state index contributed by atoms with van der Waals surface area (Å²) in [7, 11) is 0. The molecule has 0 radical (unpaired) electrons. The Bertz CT molecular complexity index is 293. The minimum atomic E-state index is 0.311. The van der Waals surface area contributed by atoms with Crippen LogP contribution in [0.5, 0.6) is 0 Å². The van der Waals surface area contributed by atoms with E-state index in [9.17, 15) is 0 Å².